The van der Waals surface area contributed by atoms with Crippen molar-refractivity contribution in [1.82, 2.24) is 9.78 Å². The molecule has 1 aromatic heterocycles. The molecule has 0 radical (unpaired) electrons. The van der Waals surface area contributed by atoms with Crippen molar-refractivity contribution in [2.45, 2.75) is 55.3 Å². The second-order valence-corrected chi connectivity index (χ2v) is 12.9. The Balaban J connectivity index is 1.32. The minimum atomic E-state index is -3.25. The van der Waals surface area contributed by atoms with Crippen LogP contribution in [0.3, 0.4) is 0 Å². The number of benzene rings is 1. The van der Waals surface area contributed by atoms with Crippen molar-refractivity contribution < 1.29 is 22.7 Å². The molecular weight excluding hydrogens is 483 g/mol. The predicted octanol–water partition coefficient (Wildman–Crippen LogP) is 3.26. The molecule has 0 aliphatic heterocycles. The number of fused-ring (bicyclic) bond motifs is 1. The topological polar surface area (TPSA) is 127 Å². The summed E-state index contributed by atoms with van der Waals surface area (Å²) in [5.74, 6) is -0.660. The van der Waals surface area contributed by atoms with Crippen LogP contribution >= 0.6 is 11.6 Å². The number of nitrogens with one attached hydrogen (secondary N) is 1. The van der Waals surface area contributed by atoms with Crippen LogP contribution in [0, 0.1) is 17.7 Å². The average molecular weight is 511 g/mol. The van der Waals surface area contributed by atoms with Crippen LogP contribution in [0.1, 0.15) is 60.5 Å². The molecule has 5 rings (SSSR count). The number of aromatic nitrogens is 2. The summed E-state index contributed by atoms with van der Waals surface area (Å²) in [6.07, 6.45) is 3.69. The SMILES string of the molecule is Cn1nc(C2CC3CC(O)(CS(=O)(=O)C4CC4)C[C@@H]3C2)c(C(=O)Nc2ccc(F)c(Cl)c2)c1N. The van der Waals surface area contributed by atoms with Gasteiger partial charge in [-0.05, 0) is 68.6 Å². The number of carbonyl (C=O) groups excluding carboxylic acids is 1. The molecule has 3 saturated carbocycles. The Morgan fingerprint density at radius 2 is 1.97 bits per heavy atom. The fraction of sp³-hybridized carbons (Fsp3) is 0.565. The van der Waals surface area contributed by atoms with E-state index in [1.165, 1.54) is 22.9 Å². The molecule has 8 nitrogen and oxygen atoms in total. The lowest BCUT2D eigenvalue weighted by Crippen LogP contribution is -2.36. The first-order chi connectivity index (χ1) is 16.0. The number of sulfone groups is 1. The van der Waals surface area contributed by atoms with E-state index in [2.05, 4.69) is 10.4 Å². The monoisotopic (exact) mass is 510 g/mol. The van der Waals surface area contributed by atoms with E-state index in [0.717, 1.165) is 0 Å². The summed E-state index contributed by atoms with van der Waals surface area (Å²) < 4.78 is 39.8. The fourth-order valence-electron chi connectivity index (χ4n) is 5.88. The largest absolute Gasteiger partial charge is 0.389 e. The van der Waals surface area contributed by atoms with Crippen molar-refractivity contribution >= 4 is 38.9 Å². The van der Waals surface area contributed by atoms with E-state index < -0.39 is 27.2 Å². The molecule has 2 aromatic rings. The number of nitrogens with two attached hydrogens (primary N) is 1. The van der Waals surface area contributed by atoms with Crippen molar-refractivity contribution in [2.75, 3.05) is 16.8 Å². The Morgan fingerprint density at radius 3 is 2.56 bits per heavy atom. The molecular formula is C23H28ClFN4O4S. The van der Waals surface area contributed by atoms with Crippen LogP contribution in [-0.2, 0) is 16.9 Å². The molecule has 3 unspecified atom stereocenters. The van der Waals surface area contributed by atoms with Gasteiger partial charge in [0.15, 0.2) is 9.84 Å². The molecule has 1 aromatic carbocycles. The van der Waals surface area contributed by atoms with Gasteiger partial charge in [-0.3, -0.25) is 9.48 Å². The normalized spacial score (nSPS) is 28.8. The molecule has 11 heteroatoms. The number of hydrogen-bond acceptors (Lipinski definition) is 6. The number of carbonyl (C=O) groups is 1. The number of anilines is 2. The second kappa shape index (κ2) is 8.20. The van der Waals surface area contributed by atoms with Gasteiger partial charge in [0.2, 0.25) is 0 Å². The van der Waals surface area contributed by atoms with Crippen molar-refractivity contribution in [3.05, 3.63) is 40.3 Å². The quantitative estimate of drug-likeness (QED) is 0.547. The maximum atomic E-state index is 13.5. The van der Waals surface area contributed by atoms with Gasteiger partial charge in [-0.1, -0.05) is 11.6 Å². The van der Waals surface area contributed by atoms with Crippen LogP contribution in [0.5, 0.6) is 0 Å². The van der Waals surface area contributed by atoms with Crippen molar-refractivity contribution in [3.8, 4) is 0 Å². The molecule has 1 heterocycles. The number of amides is 1. The van der Waals surface area contributed by atoms with Gasteiger partial charge in [0, 0.05) is 18.7 Å². The number of aliphatic hydroxyl groups is 1. The van der Waals surface area contributed by atoms with Gasteiger partial charge in [0.05, 0.1) is 27.3 Å². The number of nitrogens with zero attached hydrogens (tertiary/aromatic N) is 2. The predicted molar refractivity (Wildman–Crippen MR) is 127 cm³/mol. The van der Waals surface area contributed by atoms with Crippen molar-refractivity contribution in [1.29, 1.82) is 0 Å². The third-order valence-corrected chi connectivity index (χ3v) is 10.3. The summed E-state index contributed by atoms with van der Waals surface area (Å²) in [4.78, 5) is 13.1. The molecule has 4 N–H and O–H groups in total. The summed E-state index contributed by atoms with van der Waals surface area (Å²) in [5.41, 5.74) is 6.23. The molecule has 3 fully saturated rings. The lowest BCUT2D eigenvalue weighted by molar-refractivity contribution is 0.0611. The summed E-state index contributed by atoms with van der Waals surface area (Å²) in [6, 6.07) is 3.92. The highest BCUT2D eigenvalue weighted by Gasteiger charge is 2.53. The summed E-state index contributed by atoms with van der Waals surface area (Å²) in [6.45, 7) is 0. The highest BCUT2D eigenvalue weighted by molar-refractivity contribution is 7.92. The van der Waals surface area contributed by atoms with Crippen molar-refractivity contribution in [3.63, 3.8) is 0 Å². The molecule has 184 valence electrons. The third kappa shape index (κ3) is 4.31. The van der Waals surface area contributed by atoms with Gasteiger partial charge in [0.25, 0.3) is 5.91 Å². The first-order valence-corrected chi connectivity index (χ1v) is 13.6. The van der Waals surface area contributed by atoms with E-state index in [1.54, 1.807) is 7.05 Å². The lowest BCUT2D eigenvalue weighted by Gasteiger charge is -2.24. The molecule has 3 aliphatic carbocycles. The van der Waals surface area contributed by atoms with Crippen LogP contribution in [-0.4, -0.2) is 45.8 Å². The van der Waals surface area contributed by atoms with Gasteiger partial charge in [0.1, 0.15) is 17.2 Å². The summed E-state index contributed by atoms with van der Waals surface area (Å²) in [7, 11) is -1.58. The van der Waals surface area contributed by atoms with Gasteiger partial charge in [-0.15, -0.1) is 0 Å². The zero-order valence-corrected chi connectivity index (χ0v) is 20.4. The number of aryl methyl sites for hydroxylation is 1. The maximum absolute atomic E-state index is 13.5. The van der Waals surface area contributed by atoms with Gasteiger partial charge in [-0.25, -0.2) is 12.8 Å². The molecule has 3 aliphatic rings. The second-order valence-electron chi connectivity index (χ2n) is 10.2. The maximum Gasteiger partial charge on any atom is 0.261 e. The third-order valence-electron chi connectivity index (χ3n) is 7.54. The number of hydrogen-bond donors (Lipinski definition) is 3. The number of rotatable bonds is 6. The van der Waals surface area contributed by atoms with Crippen LogP contribution in [0.15, 0.2) is 18.2 Å². The molecule has 4 atom stereocenters. The van der Waals surface area contributed by atoms with Crippen LogP contribution in [0.4, 0.5) is 15.9 Å². The van der Waals surface area contributed by atoms with E-state index in [9.17, 15) is 22.7 Å². The van der Waals surface area contributed by atoms with E-state index >= 15 is 0 Å². The Hall–Kier alpha value is -2.17. The first-order valence-electron chi connectivity index (χ1n) is 11.5. The zero-order valence-electron chi connectivity index (χ0n) is 18.8. The summed E-state index contributed by atoms with van der Waals surface area (Å²) >= 11 is 5.83. The molecule has 0 spiro atoms. The standard InChI is InChI=1S/C23H28ClFN4O4S/c1-29-21(26)19(22(30)27-15-2-5-18(25)17(24)8-15)20(28-29)12-6-13-9-23(31,10-14(13)7-12)11-34(32,33)16-3-4-16/h2,5,8,12-14,16,31H,3-4,6-7,9-11,26H2,1H3,(H,27,30)/t12?,13-,14?,23?/m0/s1. The zero-order chi connectivity index (χ0) is 24.4. The average Bonchev–Trinajstić information content (AvgIpc) is 3.40. The van der Waals surface area contributed by atoms with E-state index in [4.69, 9.17) is 17.3 Å². The minimum Gasteiger partial charge on any atom is -0.389 e. The molecule has 34 heavy (non-hydrogen) atoms. The first kappa shape index (κ1) is 23.6. The van der Waals surface area contributed by atoms with E-state index in [-0.39, 0.29) is 45.2 Å². The van der Waals surface area contributed by atoms with Crippen molar-refractivity contribution in [2.24, 2.45) is 18.9 Å². The Labute approximate surface area is 202 Å². The highest BCUT2D eigenvalue weighted by Crippen LogP contribution is 2.55. The van der Waals surface area contributed by atoms with Crippen LogP contribution < -0.4 is 11.1 Å². The highest BCUT2D eigenvalue weighted by atomic mass is 35.5. The van der Waals surface area contributed by atoms with E-state index in [1.807, 2.05) is 0 Å². The molecule has 1 amide bonds. The molecule has 0 bridgehead atoms. The Bertz CT molecular complexity index is 1250. The number of halogens is 2. The van der Waals surface area contributed by atoms with Gasteiger partial charge < -0.3 is 16.2 Å². The Morgan fingerprint density at radius 1 is 1.32 bits per heavy atom. The minimum absolute atomic E-state index is 0.0272. The number of nitrogen functional groups attached to an aromatic ring is 1. The van der Waals surface area contributed by atoms with Crippen LogP contribution in [0.2, 0.25) is 5.02 Å². The molecule has 0 saturated heterocycles. The Kier molecular flexibility index (Phi) is 5.69. The van der Waals surface area contributed by atoms with Gasteiger partial charge >= 0.3 is 0 Å². The lowest BCUT2D eigenvalue weighted by atomic mass is 9.92. The smallest absolute Gasteiger partial charge is 0.261 e. The fourth-order valence-corrected chi connectivity index (χ4v) is 8.13. The van der Waals surface area contributed by atoms with E-state index in [0.29, 0.717) is 49.9 Å². The van der Waals surface area contributed by atoms with Crippen LogP contribution in [0.25, 0.3) is 0 Å². The summed E-state index contributed by atoms with van der Waals surface area (Å²) in [5, 5.41) is 17.9. The van der Waals surface area contributed by atoms with Gasteiger partial charge in [-0.2, -0.15) is 5.10 Å².